The maximum atomic E-state index is 13.8. The van der Waals surface area contributed by atoms with E-state index in [1.807, 2.05) is 42.6 Å². The van der Waals surface area contributed by atoms with Gasteiger partial charge in [0.1, 0.15) is 11.6 Å². The van der Waals surface area contributed by atoms with E-state index in [2.05, 4.69) is 9.71 Å². The number of methoxy groups -OCH3 is 1. The summed E-state index contributed by atoms with van der Waals surface area (Å²) >= 11 is 1.30. The van der Waals surface area contributed by atoms with Gasteiger partial charge in [-0.15, -0.1) is 0 Å². The van der Waals surface area contributed by atoms with Crippen LogP contribution in [-0.2, 0) is 0 Å². The lowest BCUT2D eigenvalue weighted by Crippen LogP contribution is -1.91. The Bertz CT molecular complexity index is 884. The van der Waals surface area contributed by atoms with Crippen molar-refractivity contribution in [2.45, 2.75) is 4.90 Å². The van der Waals surface area contributed by atoms with Crippen molar-refractivity contribution in [3.05, 3.63) is 66.1 Å². The molecular formula is C18H14FN3OS. The summed E-state index contributed by atoms with van der Waals surface area (Å²) in [6, 6.07) is 15.9. The first kappa shape index (κ1) is 16.0. The molecule has 0 unspecified atom stereocenters. The number of nitrogens with one attached hydrogen (secondary N) is 2. The second-order valence-electron chi connectivity index (χ2n) is 4.99. The molecular weight excluding hydrogens is 325 g/mol. The second-order valence-corrected chi connectivity index (χ2v) is 5.87. The topological polar surface area (TPSA) is 60.8 Å². The molecule has 6 heteroatoms. The van der Waals surface area contributed by atoms with Crippen molar-refractivity contribution in [3.63, 3.8) is 0 Å². The van der Waals surface area contributed by atoms with Gasteiger partial charge in [0.15, 0.2) is 0 Å². The van der Waals surface area contributed by atoms with Crippen LogP contribution in [0.4, 0.5) is 10.1 Å². The van der Waals surface area contributed by atoms with Gasteiger partial charge in [0.25, 0.3) is 0 Å². The molecule has 0 aliphatic rings. The average molecular weight is 339 g/mol. The Morgan fingerprint density at radius 2 is 1.96 bits per heavy atom. The van der Waals surface area contributed by atoms with Gasteiger partial charge in [0, 0.05) is 16.8 Å². The number of hydrogen-bond acceptors (Lipinski definition) is 4. The van der Waals surface area contributed by atoms with Crippen molar-refractivity contribution in [2.75, 3.05) is 11.8 Å². The van der Waals surface area contributed by atoms with E-state index in [4.69, 9.17) is 10.00 Å². The number of nitriles is 1. The molecule has 24 heavy (non-hydrogen) atoms. The van der Waals surface area contributed by atoms with E-state index >= 15 is 0 Å². The molecule has 0 aliphatic heterocycles. The normalized spacial score (nSPS) is 10.2. The zero-order chi connectivity index (χ0) is 16.9. The second kappa shape index (κ2) is 7.11. The van der Waals surface area contributed by atoms with Crippen LogP contribution in [0.1, 0.15) is 5.56 Å². The fourth-order valence-corrected chi connectivity index (χ4v) is 2.84. The van der Waals surface area contributed by atoms with E-state index in [9.17, 15) is 4.39 Å². The first-order chi connectivity index (χ1) is 11.7. The molecule has 0 atom stereocenters. The summed E-state index contributed by atoms with van der Waals surface area (Å²) in [6.45, 7) is 0. The minimum atomic E-state index is -0.451. The van der Waals surface area contributed by atoms with Crippen LogP contribution >= 0.6 is 11.9 Å². The standard InChI is InChI=1S/C18H14FN3OS/c1-23-14-5-3-13(4-6-14)18-9-15(11-21-18)24-22-17-7-2-12(10-20)8-16(17)19/h2-9,11,21-22H,1H3. The molecule has 2 aromatic carbocycles. The Kier molecular flexibility index (Phi) is 4.73. The molecule has 0 bridgehead atoms. The number of H-pyrrole nitrogens is 1. The monoisotopic (exact) mass is 339 g/mol. The van der Waals surface area contributed by atoms with Crippen molar-refractivity contribution in [3.8, 4) is 23.1 Å². The van der Waals surface area contributed by atoms with Crippen LogP contribution in [0, 0.1) is 17.1 Å². The zero-order valence-corrected chi connectivity index (χ0v) is 13.7. The molecule has 3 rings (SSSR count). The molecule has 0 amide bonds. The van der Waals surface area contributed by atoms with Crippen molar-refractivity contribution in [1.29, 1.82) is 5.26 Å². The highest BCUT2D eigenvalue weighted by Crippen LogP contribution is 2.28. The van der Waals surface area contributed by atoms with Gasteiger partial charge in [-0.3, -0.25) is 0 Å². The van der Waals surface area contributed by atoms with Crippen LogP contribution in [0.2, 0.25) is 0 Å². The van der Waals surface area contributed by atoms with Gasteiger partial charge in [-0.25, -0.2) is 4.39 Å². The van der Waals surface area contributed by atoms with Crippen molar-refractivity contribution in [2.24, 2.45) is 0 Å². The third-order valence-electron chi connectivity index (χ3n) is 3.43. The smallest absolute Gasteiger partial charge is 0.148 e. The number of ether oxygens (including phenoxy) is 1. The molecule has 2 N–H and O–H groups in total. The number of halogens is 1. The lowest BCUT2D eigenvalue weighted by atomic mass is 10.1. The predicted molar refractivity (Wildman–Crippen MR) is 93.4 cm³/mol. The predicted octanol–water partition coefficient (Wildman–Crippen LogP) is 4.82. The Labute approximate surface area is 143 Å². The lowest BCUT2D eigenvalue weighted by Gasteiger charge is -2.05. The van der Waals surface area contributed by atoms with Gasteiger partial charge < -0.3 is 14.4 Å². The number of aromatic nitrogens is 1. The molecule has 0 saturated heterocycles. The van der Waals surface area contributed by atoms with Crippen molar-refractivity contribution in [1.82, 2.24) is 4.98 Å². The summed E-state index contributed by atoms with van der Waals surface area (Å²) in [5.74, 6) is 0.352. The van der Waals surface area contributed by atoms with Crippen LogP contribution in [0.25, 0.3) is 11.3 Å². The highest BCUT2D eigenvalue weighted by molar-refractivity contribution is 8.00. The summed E-state index contributed by atoms with van der Waals surface area (Å²) < 4.78 is 21.9. The Morgan fingerprint density at radius 1 is 1.17 bits per heavy atom. The van der Waals surface area contributed by atoms with Gasteiger partial charge >= 0.3 is 0 Å². The fraction of sp³-hybridized carbons (Fsp3) is 0.0556. The zero-order valence-electron chi connectivity index (χ0n) is 12.8. The van der Waals surface area contributed by atoms with Gasteiger partial charge in [0.05, 0.1) is 24.4 Å². The van der Waals surface area contributed by atoms with E-state index in [0.717, 1.165) is 21.9 Å². The van der Waals surface area contributed by atoms with Crippen molar-refractivity contribution >= 4 is 17.6 Å². The van der Waals surface area contributed by atoms with Crippen LogP contribution in [0.5, 0.6) is 5.75 Å². The summed E-state index contributed by atoms with van der Waals surface area (Å²) in [5, 5.41) is 8.75. The Hall–Kier alpha value is -2.91. The molecule has 1 aromatic heterocycles. The maximum absolute atomic E-state index is 13.8. The molecule has 4 nitrogen and oxygen atoms in total. The van der Waals surface area contributed by atoms with Crippen LogP contribution in [0.15, 0.2) is 59.6 Å². The quantitative estimate of drug-likeness (QED) is 0.654. The molecule has 0 fully saturated rings. The third kappa shape index (κ3) is 3.53. The number of rotatable bonds is 5. The number of anilines is 1. The molecule has 1 heterocycles. The molecule has 0 aliphatic carbocycles. The number of hydrogen-bond donors (Lipinski definition) is 2. The number of nitrogens with zero attached hydrogens (tertiary/aromatic N) is 1. The van der Waals surface area contributed by atoms with Gasteiger partial charge in [-0.05, 0) is 66.0 Å². The SMILES string of the molecule is COc1ccc(-c2cc(SNc3ccc(C#N)cc3F)c[nH]2)cc1. The lowest BCUT2D eigenvalue weighted by molar-refractivity contribution is 0.415. The summed E-state index contributed by atoms with van der Waals surface area (Å²) in [7, 11) is 1.63. The van der Waals surface area contributed by atoms with Crippen LogP contribution in [0.3, 0.4) is 0 Å². The molecule has 120 valence electrons. The summed E-state index contributed by atoms with van der Waals surface area (Å²) in [5.41, 5.74) is 2.63. The number of aromatic amines is 1. The first-order valence-electron chi connectivity index (χ1n) is 7.15. The highest BCUT2D eigenvalue weighted by atomic mass is 32.2. The first-order valence-corrected chi connectivity index (χ1v) is 7.96. The Morgan fingerprint density at radius 3 is 2.62 bits per heavy atom. The largest absolute Gasteiger partial charge is 0.497 e. The number of benzene rings is 2. The average Bonchev–Trinajstić information content (AvgIpc) is 3.09. The van der Waals surface area contributed by atoms with E-state index in [0.29, 0.717) is 11.3 Å². The maximum Gasteiger partial charge on any atom is 0.148 e. The van der Waals surface area contributed by atoms with Crippen LogP contribution < -0.4 is 9.46 Å². The van der Waals surface area contributed by atoms with E-state index in [-0.39, 0.29) is 0 Å². The summed E-state index contributed by atoms with van der Waals surface area (Å²) in [6.07, 6.45) is 1.85. The fourth-order valence-electron chi connectivity index (χ4n) is 2.15. The highest BCUT2D eigenvalue weighted by Gasteiger charge is 2.06. The van der Waals surface area contributed by atoms with Gasteiger partial charge in [-0.1, -0.05) is 0 Å². The van der Waals surface area contributed by atoms with E-state index in [1.54, 1.807) is 19.2 Å². The van der Waals surface area contributed by atoms with Crippen LogP contribution in [-0.4, -0.2) is 12.1 Å². The Balaban J connectivity index is 1.69. The van der Waals surface area contributed by atoms with Crippen molar-refractivity contribution < 1.29 is 9.13 Å². The third-order valence-corrected chi connectivity index (χ3v) is 4.23. The van der Waals surface area contributed by atoms with E-state index < -0.39 is 5.82 Å². The minimum Gasteiger partial charge on any atom is -0.497 e. The molecule has 0 spiro atoms. The molecule has 0 saturated carbocycles. The van der Waals surface area contributed by atoms with E-state index in [1.165, 1.54) is 18.0 Å². The van der Waals surface area contributed by atoms with Gasteiger partial charge in [0.2, 0.25) is 0 Å². The summed E-state index contributed by atoms with van der Waals surface area (Å²) in [4.78, 5) is 4.11. The minimum absolute atomic E-state index is 0.298. The molecule has 0 radical (unpaired) electrons. The van der Waals surface area contributed by atoms with Gasteiger partial charge in [-0.2, -0.15) is 5.26 Å². The molecule has 3 aromatic rings.